The Hall–Kier alpha value is -6.38. The second-order valence-electron chi connectivity index (χ2n) is 14.9. The van der Waals surface area contributed by atoms with Gasteiger partial charge in [-0.1, -0.05) is 88.8 Å². The number of pyridine rings is 2. The van der Waals surface area contributed by atoms with Crippen LogP contribution in [0.3, 0.4) is 0 Å². The van der Waals surface area contributed by atoms with Crippen molar-refractivity contribution >= 4 is 23.9 Å². The number of ether oxygens (including phenoxy) is 8. The molecule has 4 aromatic rings. The summed E-state index contributed by atoms with van der Waals surface area (Å²) in [6.07, 6.45) is 15.2. The summed E-state index contributed by atoms with van der Waals surface area (Å²) in [6, 6.07) is 21.0. The molecule has 14 nitrogen and oxygen atoms in total. The minimum atomic E-state index is -1.27. The summed E-state index contributed by atoms with van der Waals surface area (Å²) in [6.45, 7) is 9.12. The second kappa shape index (κ2) is 27.6. The molecule has 3 heterocycles. The van der Waals surface area contributed by atoms with Gasteiger partial charge in [-0.25, -0.2) is 19.2 Å². The van der Waals surface area contributed by atoms with Crippen molar-refractivity contribution in [1.82, 2.24) is 9.97 Å². The van der Waals surface area contributed by atoms with Gasteiger partial charge in [0, 0.05) is 23.3 Å². The molecule has 5 rings (SSSR count). The molecule has 0 spiro atoms. The van der Waals surface area contributed by atoms with Gasteiger partial charge in [0.1, 0.15) is 11.5 Å². The molecule has 340 valence electrons. The van der Waals surface area contributed by atoms with E-state index in [0.717, 1.165) is 88.2 Å². The van der Waals surface area contributed by atoms with E-state index < -0.39 is 24.5 Å². The van der Waals surface area contributed by atoms with Crippen LogP contribution in [0.25, 0.3) is 22.5 Å². The predicted molar refractivity (Wildman–Crippen MR) is 238 cm³/mol. The zero-order chi connectivity index (χ0) is 45.2. The van der Waals surface area contributed by atoms with Crippen LogP contribution in [0.5, 0.6) is 11.5 Å². The molecule has 0 radical (unpaired) electrons. The summed E-state index contributed by atoms with van der Waals surface area (Å²) in [5.74, 6) is -0.748. The number of rotatable bonds is 28. The SMILES string of the molecule is C=CC(=O)OCCCCCCCCOc1ccc(-c2ccc(C(=O)O[C@H]3OCCO[C@@H]3OC(=O)c3ccc(-c4ccc(OCCCCCCCCOC(=O)C=C)cn4)cc3)cc2)nc1. The number of unbranched alkanes of at least 4 members (excludes halogenated alkanes) is 10. The number of benzene rings is 2. The van der Waals surface area contributed by atoms with Crippen LogP contribution in [0.15, 0.2) is 111 Å². The van der Waals surface area contributed by atoms with Gasteiger partial charge in [-0.05, 0) is 74.2 Å². The summed E-state index contributed by atoms with van der Waals surface area (Å²) in [7, 11) is 0. The number of hydrogen-bond donors (Lipinski definition) is 0. The number of esters is 4. The quantitative estimate of drug-likeness (QED) is 0.0229. The fourth-order valence-corrected chi connectivity index (χ4v) is 6.50. The Morgan fingerprint density at radius 2 is 0.859 bits per heavy atom. The van der Waals surface area contributed by atoms with E-state index in [0.29, 0.717) is 49.3 Å². The first-order valence-corrected chi connectivity index (χ1v) is 21.9. The number of nitrogens with zero attached hydrogens (tertiary/aromatic N) is 2. The molecule has 64 heavy (non-hydrogen) atoms. The maximum absolute atomic E-state index is 13.1. The van der Waals surface area contributed by atoms with Gasteiger partial charge in [0.2, 0.25) is 0 Å². The molecule has 1 saturated heterocycles. The van der Waals surface area contributed by atoms with Gasteiger partial charge in [-0.15, -0.1) is 0 Å². The second-order valence-corrected chi connectivity index (χ2v) is 14.9. The van der Waals surface area contributed by atoms with Crippen LogP contribution in [-0.4, -0.2) is 86.1 Å². The van der Waals surface area contributed by atoms with E-state index in [4.69, 9.17) is 37.9 Å². The molecular weight excluding hydrogens is 821 g/mol. The first-order valence-electron chi connectivity index (χ1n) is 21.9. The van der Waals surface area contributed by atoms with E-state index in [-0.39, 0.29) is 36.3 Å². The molecule has 1 fully saturated rings. The molecule has 2 atom stereocenters. The fourth-order valence-electron chi connectivity index (χ4n) is 6.50. The van der Waals surface area contributed by atoms with Crippen molar-refractivity contribution in [3.05, 3.63) is 122 Å². The fraction of sp³-hybridized carbons (Fsp3) is 0.400. The highest BCUT2D eigenvalue weighted by Gasteiger charge is 2.34. The smallest absolute Gasteiger partial charge is 0.340 e. The summed E-state index contributed by atoms with van der Waals surface area (Å²) in [5.41, 5.74) is 3.56. The average Bonchev–Trinajstić information content (AvgIpc) is 3.33. The maximum atomic E-state index is 13.1. The van der Waals surface area contributed by atoms with Crippen molar-refractivity contribution in [3.63, 3.8) is 0 Å². The number of aromatic nitrogens is 2. The third-order valence-electron chi connectivity index (χ3n) is 10.1. The van der Waals surface area contributed by atoms with Crippen LogP contribution in [0, 0.1) is 0 Å². The van der Waals surface area contributed by atoms with Crippen LogP contribution in [0.2, 0.25) is 0 Å². The van der Waals surface area contributed by atoms with Crippen molar-refractivity contribution in [2.24, 2.45) is 0 Å². The first kappa shape index (κ1) is 48.6. The predicted octanol–water partition coefficient (Wildman–Crippen LogP) is 9.42. The lowest BCUT2D eigenvalue weighted by molar-refractivity contribution is -0.288. The Balaban J connectivity index is 0.987. The van der Waals surface area contributed by atoms with Gasteiger partial charge in [-0.3, -0.25) is 9.97 Å². The van der Waals surface area contributed by atoms with E-state index in [1.165, 1.54) is 12.2 Å². The highest BCUT2D eigenvalue weighted by Crippen LogP contribution is 2.24. The summed E-state index contributed by atoms with van der Waals surface area (Å²) in [4.78, 5) is 57.4. The molecule has 1 aliphatic rings. The van der Waals surface area contributed by atoms with E-state index >= 15 is 0 Å². The lowest BCUT2D eigenvalue weighted by Gasteiger charge is -2.30. The third-order valence-corrected chi connectivity index (χ3v) is 10.1. The number of hydrogen-bond acceptors (Lipinski definition) is 14. The highest BCUT2D eigenvalue weighted by atomic mass is 16.8. The van der Waals surface area contributed by atoms with Crippen molar-refractivity contribution in [2.75, 3.05) is 39.6 Å². The molecule has 0 aliphatic carbocycles. The largest absolute Gasteiger partial charge is 0.492 e. The molecule has 0 amide bonds. The van der Waals surface area contributed by atoms with Crippen molar-refractivity contribution in [3.8, 4) is 34.0 Å². The van der Waals surface area contributed by atoms with Crippen molar-refractivity contribution in [1.29, 1.82) is 0 Å². The van der Waals surface area contributed by atoms with Crippen molar-refractivity contribution in [2.45, 2.75) is 89.6 Å². The van der Waals surface area contributed by atoms with Gasteiger partial charge >= 0.3 is 23.9 Å². The zero-order valence-electron chi connectivity index (χ0n) is 36.3. The summed E-state index contributed by atoms with van der Waals surface area (Å²) in [5, 5.41) is 0. The normalized spacial score (nSPS) is 14.4. The minimum Gasteiger partial charge on any atom is -0.492 e. The topological polar surface area (TPSA) is 168 Å². The molecule has 14 heteroatoms. The van der Waals surface area contributed by atoms with E-state index in [2.05, 4.69) is 23.1 Å². The maximum Gasteiger partial charge on any atom is 0.340 e. The standard InChI is InChI=1S/C50H58N2O12/c1-3-45(53)59-31-15-11-7-5-9-13-29-57-41-25-27-43(51-35-41)37-17-21-39(22-18-37)47(55)63-49-50(62-34-33-61-49)64-48(56)40-23-19-38(20-24-40)44-28-26-42(36-52-44)58-30-14-10-6-8-12-16-32-60-46(54)4-2/h3-4,17-28,35-36,49-50H,1-2,5-16,29-34H2/t49-,50-/m1/s1. The van der Waals surface area contributed by atoms with Crippen LogP contribution < -0.4 is 9.47 Å². The molecule has 0 unspecified atom stereocenters. The Bertz CT molecular complexity index is 1910. The Labute approximate surface area is 374 Å². The lowest BCUT2D eigenvalue weighted by Crippen LogP contribution is -2.44. The molecule has 0 bridgehead atoms. The Morgan fingerprint density at radius 3 is 1.20 bits per heavy atom. The van der Waals surface area contributed by atoms with Crippen LogP contribution in [-0.2, 0) is 38.0 Å². The van der Waals surface area contributed by atoms with Crippen molar-refractivity contribution < 1.29 is 57.1 Å². The monoisotopic (exact) mass is 878 g/mol. The molecule has 0 saturated carbocycles. The van der Waals surface area contributed by atoms with Gasteiger partial charge in [0.05, 0.1) is 74.5 Å². The van der Waals surface area contributed by atoms with Gasteiger partial charge in [-0.2, -0.15) is 0 Å². The van der Waals surface area contributed by atoms with Crippen LogP contribution in [0.4, 0.5) is 0 Å². The Morgan fingerprint density at radius 1 is 0.500 bits per heavy atom. The van der Waals surface area contributed by atoms with E-state index in [9.17, 15) is 19.2 Å². The number of carbonyl (C=O) groups is 4. The molecule has 0 N–H and O–H groups in total. The van der Waals surface area contributed by atoms with Gasteiger partial charge < -0.3 is 37.9 Å². The molecule has 2 aromatic carbocycles. The summed E-state index contributed by atoms with van der Waals surface area (Å²) >= 11 is 0. The van der Waals surface area contributed by atoms with Gasteiger partial charge in [0.15, 0.2) is 0 Å². The first-order chi connectivity index (χ1) is 31.3. The molecular formula is C50H58N2O12. The van der Waals surface area contributed by atoms with Gasteiger partial charge in [0.25, 0.3) is 12.6 Å². The average molecular weight is 879 g/mol. The molecule has 1 aliphatic heterocycles. The van der Waals surface area contributed by atoms with Crippen LogP contribution >= 0.6 is 0 Å². The summed E-state index contributed by atoms with van der Waals surface area (Å²) < 4.78 is 44.1. The highest BCUT2D eigenvalue weighted by molar-refractivity contribution is 5.91. The van der Waals surface area contributed by atoms with E-state index in [1.807, 2.05) is 24.3 Å². The molecule has 2 aromatic heterocycles. The number of carbonyl (C=O) groups excluding carboxylic acids is 4. The lowest BCUT2D eigenvalue weighted by atomic mass is 10.1. The third kappa shape index (κ3) is 17.1. The minimum absolute atomic E-state index is 0.152. The van der Waals surface area contributed by atoms with Crippen LogP contribution in [0.1, 0.15) is 97.8 Å². The zero-order valence-corrected chi connectivity index (χ0v) is 36.3. The van der Waals surface area contributed by atoms with E-state index in [1.54, 1.807) is 60.9 Å². The Kier molecular flexibility index (Phi) is 21.0.